The van der Waals surface area contributed by atoms with Crippen molar-refractivity contribution in [1.29, 1.82) is 0 Å². The van der Waals surface area contributed by atoms with Gasteiger partial charge >= 0.3 is 12.3 Å². The topological polar surface area (TPSA) is 3.24 Å². The molecule has 1 aliphatic carbocycles. The van der Waals surface area contributed by atoms with Gasteiger partial charge in [0, 0.05) is 6.04 Å². The Morgan fingerprint density at radius 3 is 1.43 bits per heavy atom. The van der Waals surface area contributed by atoms with Crippen LogP contribution >= 0.6 is 66.5 Å². The minimum Gasteiger partial charge on any atom is -0.270 e. The highest BCUT2D eigenvalue weighted by Gasteiger charge is 2.52. The van der Waals surface area contributed by atoms with Crippen LogP contribution in [0, 0.1) is 0 Å². The van der Waals surface area contributed by atoms with Gasteiger partial charge in [-0.05, 0) is 12.8 Å². The van der Waals surface area contributed by atoms with E-state index in [4.69, 9.17) is 66.5 Å². The van der Waals surface area contributed by atoms with Gasteiger partial charge in [0.05, 0.1) is 0 Å². The second kappa shape index (κ2) is 5.19. The van der Waals surface area contributed by atoms with Gasteiger partial charge in [0.2, 0.25) is 0 Å². The van der Waals surface area contributed by atoms with Crippen molar-refractivity contribution in [3.8, 4) is 0 Å². The smallest absolute Gasteiger partial charge is 0.270 e. The lowest BCUT2D eigenvalue weighted by molar-refractivity contribution is 0.481. The quantitative estimate of drug-likeness (QED) is 0.533. The Balaban J connectivity index is 2.82. The van der Waals surface area contributed by atoms with E-state index < -0.39 is 12.3 Å². The van der Waals surface area contributed by atoms with Crippen LogP contribution in [0.3, 0.4) is 0 Å². The molecule has 0 bridgehead atoms. The van der Waals surface area contributed by atoms with E-state index in [-0.39, 0.29) is 6.04 Å². The summed E-state index contributed by atoms with van der Waals surface area (Å²) in [5, 5.41) is 0. The van der Waals surface area contributed by atoms with Crippen molar-refractivity contribution in [3.63, 3.8) is 0 Å². The van der Waals surface area contributed by atoms with Crippen molar-refractivity contribution in [2.24, 2.45) is 0 Å². The Morgan fingerprint density at radius 1 is 0.786 bits per heavy atom. The van der Waals surface area contributed by atoms with Gasteiger partial charge in [-0.3, -0.25) is 4.23 Å². The van der Waals surface area contributed by atoms with Gasteiger partial charge in [0.25, 0.3) is 0 Å². The zero-order valence-electron chi connectivity index (χ0n) is 7.12. The largest absolute Gasteiger partial charge is 0.420 e. The van der Waals surface area contributed by atoms with Crippen molar-refractivity contribution < 1.29 is 0 Å². The highest BCUT2D eigenvalue weighted by atomic mass is 35.8. The summed E-state index contributed by atoms with van der Waals surface area (Å²) >= 11 is 35.6. The molecule has 0 aromatic rings. The van der Waals surface area contributed by atoms with E-state index in [2.05, 4.69) is 0 Å². The van der Waals surface area contributed by atoms with Crippen molar-refractivity contribution in [3.05, 3.63) is 0 Å². The number of hydrogen-bond acceptors (Lipinski definition) is 1. The third kappa shape index (κ3) is 3.86. The SMILES string of the molecule is Cl[Si](Cl)(Cl)N(C1CCCC1)[Si](Cl)(Cl)Cl. The molecule has 1 rings (SSSR count). The van der Waals surface area contributed by atoms with Crippen LogP contribution in [0.2, 0.25) is 0 Å². The molecule has 0 amide bonds. The zero-order valence-corrected chi connectivity index (χ0v) is 13.7. The van der Waals surface area contributed by atoms with Gasteiger partial charge in [-0.25, -0.2) is 0 Å². The second-order valence-corrected chi connectivity index (χ2v) is 19.9. The predicted octanol–water partition coefficient (Wildman–Crippen LogP) is 4.54. The maximum atomic E-state index is 5.94. The Hall–Kier alpha value is 2.13. The summed E-state index contributed by atoms with van der Waals surface area (Å²) in [7, 11) is 0. The first-order chi connectivity index (χ1) is 6.23. The first kappa shape index (κ1) is 14.2. The molecule has 1 fully saturated rings. The Bertz CT molecular complexity index is 181. The average molecular weight is 352 g/mol. The molecule has 1 nitrogen and oxygen atoms in total. The van der Waals surface area contributed by atoms with E-state index in [9.17, 15) is 0 Å². The first-order valence-electron chi connectivity index (χ1n) is 4.16. The lowest BCUT2D eigenvalue weighted by atomic mass is 10.3. The molecule has 0 N–H and O–H groups in total. The summed E-state index contributed by atoms with van der Waals surface area (Å²) < 4.78 is 1.59. The molecular formula is C5H9Cl6NSi2. The summed E-state index contributed by atoms with van der Waals surface area (Å²) in [4.78, 5) is 0. The fourth-order valence-electron chi connectivity index (χ4n) is 1.72. The van der Waals surface area contributed by atoms with E-state index in [1.165, 1.54) is 0 Å². The molecule has 0 aromatic heterocycles. The zero-order chi connectivity index (χ0) is 11.0. The van der Waals surface area contributed by atoms with Crippen molar-refractivity contribution in [1.82, 2.24) is 4.23 Å². The molecule has 0 saturated heterocycles. The summed E-state index contributed by atoms with van der Waals surface area (Å²) in [5.41, 5.74) is 0. The molecule has 0 spiro atoms. The molecule has 84 valence electrons. The van der Waals surface area contributed by atoms with E-state index in [1.807, 2.05) is 0 Å². The average Bonchev–Trinajstić information content (AvgIpc) is 2.31. The van der Waals surface area contributed by atoms with E-state index in [0.717, 1.165) is 25.7 Å². The molecular weight excluding hydrogens is 343 g/mol. The van der Waals surface area contributed by atoms with Crippen LogP contribution in [0.15, 0.2) is 0 Å². The van der Waals surface area contributed by atoms with Crippen LogP contribution in [0.25, 0.3) is 0 Å². The highest BCUT2D eigenvalue weighted by Crippen LogP contribution is 2.42. The van der Waals surface area contributed by atoms with Gasteiger partial charge in [0.1, 0.15) is 0 Å². The summed E-state index contributed by atoms with van der Waals surface area (Å²) in [5.74, 6) is 0. The van der Waals surface area contributed by atoms with Crippen LogP contribution in [0.5, 0.6) is 0 Å². The number of nitrogens with zero attached hydrogens (tertiary/aromatic N) is 1. The maximum Gasteiger partial charge on any atom is 0.420 e. The fourth-order valence-corrected chi connectivity index (χ4v) is 17.0. The standard InChI is InChI=1S/C5H9Cl6NSi2/c6-13(7,8)12(14(9,10)11)5-3-1-2-4-5/h5H,1-4H2. The molecule has 0 unspecified atom stereocenters. The molecule has 9 heteroatoms. The molecule has 1 aliphatic rings. The van der Waals surface area contributed by atoms with Gasteiger partial charge in [-0.1, -0.05) is 12.8 Å². The first-order valence-corrected chi connectivity index (χ1v) is 14.1. The summed E-state index contributed by atoms with van der Waals surface area (Å²) in [6.07, 6.45) is -1.99. The van der Waals surface area contributed by atoms with E-state index in [1.54, 1.807) is 4.23 Å². The van der Waals surface area contributed by atoms with Crippen LogP contribution in [-0.4, -0.2) is 22.6 Å². The number of rotatable bonds is 3. The van der Waals surface area contributed by atoms with Gasteiger partial charge in [-0.2, -0.15) is 0 Å². The number of halogens is 6. The molecule has 0 radical (unpaired) electrons. The lowest BCUT2D eigenvalue weighted by Gasteiger charge is -2.36. The van der Waals surface area contributed by atoms with Crippen LogP contribution in [-0.2, 0) is 0 Å². The van der Waals surface area contributed by atoms with Crippen LogP contribution in [0.1, 0.15) is 25.7 Å². The molecule has 0 aromatic carbocycles. The van der Waals surface area contributed by atoms with Gasteiger partial charge < -0.3 is 0 Å². The molecule has 14 heavy (non-hydrogen) atoms. The van der Waals surface area contributed by atoms with Crippen LogP contribution in [0.4, 0.5) is 0 Å². The van der Waals surface area contributed by atoms with Gasteiger partial charge in [-0.15, -0.1) is 66.5 Å². The third-order valence-electron chi connectivity index (χ3n) is 2.24. The van der Waals surface area contributed by atoms with Crippen molar-refractivity contribution in [2.75, 3.05) is 0 Å². The Morgan fingerprint density at radius 2 is 1.14 bits per heavy atom. The minimum absolute atomic E-state index is 0.147. The van der Waals surface area contributed by atoms with Crippen molar-refractivity contribution in [2.45, 2.75) is 31.7 Å². The highest BCUT2D eigenvalue weighted by molar-refractivity contribution is 7.72. The molecule has 0 heterocycles. The normalized spacial score (nSPS) is 20.8. The molecule has 0 atom stereocenters. The molecule has 0 aliphatic heterocycles. The monoisotopic (exact) mass is 349 g/mol. The van der Waals surface area contributed by atoms with Crippen molar-refractivity contribution >= 4 is 78.8 Å². The lowest BCUT2D eigenvalue weighted by Crippen LogP contribution is -2.56. The minimum atomic E-state index is -3.07. The summed E-state index contributed by atoms with van der Waals surface area (Å²) in [6.45, 7) is 0. The number of hydrogen-bond donors (Lipinski definition) is 0. The summed E-state index contributed by atoms with van der Waals surface area (Å²) in [6, 6.07) is 0.147. The second-order valence-electron chi connectivity index (χ2n) is 3.24. The maximum absolute atomic E-state index is 5.94. The predicted molar refractivity (Wildman–Crippen MR) is 70.7 cm³/mol. The van der Waals surface area contributed by atoms with Crippen LogP contribution < -0.4 is 0 Å². The third-order valence-corrected chi connectivity index (χ3v) is 11.9. The Kier molecular flexibility index (Phi) is 5.26. The van der Waals surface area contributed by atoms with E-state index >= 15 is 0 Å². The van der Waals surface area contributed by atoms with Gasteiger partial charge in [0.15, 0.2) is 0 Å². The molecule has 1 saturated carbocycles. The fraction of sp³-hybridized carbons (Fsp3) is 1.00. The Labute approximate surface area is 114 Å². The van der Waals surface area contributed by atoms with E-state index in [0.29, 0.717) is 0 Å².